The highest BCUT2D eigenvalue weighted by molar-refractivity contribution is 5.76. The van der Waals surface area contributed by atoms with Gasteiger partial charge in [-0.15, -0.1) is 0 Å². The van der Waals surface area contributed by atoms with Gasteiger partial charge >= 0.3 is 0 Å². The number of aliphatic hydroxyl groups is 5. The molecule has 1 amide bonds. The summed E-state index contributed by atoms with van der Waals surface area (Å²) in [6, 6.07) is -0.814. The number of carbonyl (C=O) groups is 1. The Bertz CT molecular complexity index is 1110. The van der Waals surface area contributed by atoms with Crippen molar-refractivity contribution in [3.63, 3.8) is 0 Å². The molecule has 1 fully saturated rings. The normalized spacial score (nSPS) is 22.4. The van der Waals surface area contributed by atoms with Gasteiger partial charge in [-0.05, 0) is 70.6 Å². The number of allylic oxidation sites excluding steroid dienone is 13. The van der Waals surface area contributed by atoms with E-state index in [1.165, 1.54) is 0 Å². The van der Waals surface area contributed by atoms with Crippen molar-refractivity contribution in [2.24, 2.45) is 0 Å². The Labute approximate surface area is 327 Å². The molecule has 9 nitrogen and oxygen atoms in total. The number of amides is 1. The van der Waals surface area contributed by atoms with Gasteiger partial charge < -0.3 is 40.3 Å². The average Bonchev–Trinajstić information content (AvgIpc) is 3.17. The van der Waals surface area contributed by atoms with Gasteiger partial charge in [0.05, 0.1) is 25.4 Å². The Morgan fingerprint density at radius 1 is 0.648 bits per heavy atom. The zero-order valence-corrected chi connectivity index (χ0v) is 33.4. The van der Waals surface area contributed by atoms with Crippen molar-refractivity contribution in [1.29, 1.82) is 0 Å². The van der Waals surface area contributed by atoms with Crippen LogP contribution in [0.4, 0.5) is 0 Å². The summed E-state index contributed by atoms with van der Waals surface area (Å²) >= 11 is 0. The van der Waals surface area contributed by atoms with Crippen molar-refractivity contribution in [1.82, 2.24) is 5.32 Å². The van der Waals surface area contributed by atoms with Gasteiger partial charge in [0.15, 0.2) is 6.29 Å². The number of hydrogen-bond donors (Lipinski definition) is 6. The molecule has 0 aromatic heterocycles. The van der Waals surface area contributed by atoms with Gasteiger partial charge in [-0.1, -0.05) is 144 Å². The van der Waals surface area contributed by atoms with E-state index in [2.05, 4.69) is 92.1 Å². The largest absolute Gasteiger partial charge is 0.394 e. The average molecular weight is 758 g/mol. The molecule has 1 heterocycles. The molecule has 308 valence electrons. The van der Waals surface area contributed by atoms with Crippen molar-refractivity contribution >= 4 is 5.91 Å². The van der Waals surface area contributed by atoms with Gasteiger partial charge in [0, 0.05) is 6.42 Å². The third kappa shape index (κ3) is 25.4. The van der Waals surface area contributed by atoms with Gasteiger partial charge in [-0.2, -0.15) is 0 Å². The van der Waals surface area contributed by atoms with E-state index in [0.717, 1.165) is 116 Å². The van der Waals surface area contributed by atoms with Crippen LogP contribution in [0, 0.1) is 0 Å². The molecule has 54 heavy (non-hydrogen) atoms. The van der Waals surface area contributed by atoms with Gasteiger partial charge in [0.25, 0.3) is 0 Å². The summed E-state index contributed by atoms with van der Waals surface area (Å²) in [4.78, 5) is 12.8. The predicted octanol–water partition coefficient (Wildman–Crippen LogP) is 7.99. The zero-order chi connectivity index (χ0) is 39.5. The molecule has 0 aromatic rings. The van der Waals surface area contributed by atoms with E-state index in [-0.39, 0.29) is 12.5 Å². The molecule has 0 radical (unpaired) electrons. The minimum atomic E-state index is -1.57. The molecule has 1 saturated heterocycles. The molecule has 7 atom stereocenters. The van der Waals surface area contributed by atoms with E-state index >= 15 is 0 Å². The fourth-order valence-electron chi connectivity index (χ4n) is 5.86. The lowest BCUT2D eigenvalue weighted by Crippen LogP contribution is -2.60. The topological polar surface area (TPSA) is 149 Å². The number of carbonyl (C=O) groups excluding carboxylic acids is 1. The van der Waals surface area contributed by atoms with Crippen LogP contribution < -0.4 is 5.32 Å². The SMILES string of the molecule is CC/C=C\C/C=C\C/C=C\C/C=C\C/C=C\C/C=C\CCCCCCCCC(=O)NC(COC1OC(CO)C(O)C(O)C1O)C(O)/C=C/CCCCCC. The second-order valence-electron chi connectivity index (χ2n) is 14.0. The Balaban J connectivity index is 2.26. The van der Waals surface area contributed by atoms with E-state index in [0.29, 0.717) is 6.42 Å². The monoisotopic (exact) mass is 758 g/mol. The first kappa shape index (κ1) is 49.4. The van der Waals surface area contributed by atoms with Crippen LogP contribution in [0.15, 0.2) is 85.1 Å². The Hall–Kier alpha value is -2.63. The first-order valence-electron chi connectivity index (χ1n) is 20.8. The lowest BCUT2D eigenvalue weighted by atomic mass is 9.99. The molecule has 6 N–H and O–H groups in total. The molecule has 9 heteroatoms. The quantitative estimate of drug-likeness (QED) is 0.0299. The summed E-state index contributed by atoms with van der Waals surface area (Å²) in [6.45, 7) is 3.53. The van der Waals surface area contributed by atoms with Gasteiger partial charge in [-0.25, -0.2) is 0 Å². The Morgan fingerprint density at radius 3 is 1.70 bits per heavy atom. The van der Waals surface area contributed by atoms with Gasteiger partial charge in [0.2, 0.25) is 5.91 Å². The molecule has 0 aliphatic carbocycles. The van der Waals surface area contributed by atoms with Crippen LogP contribution in [0.5, 0.6) is 0 Å². The van der Waals surface area contributed by atoms with Gasteiger partial charge in [0.1, 0.15) is 24.4 Å². The first-order valence-corrected chi connectivity index (χ1v) is 20.8. The molecule has 1 aliphatic heterocycles. The van der Waals surface area contributed by atoms with Crippen molar-refractivity contribution in [3.8, 4) is 0 Å². The maximum atomic E-state index is 12.8. The third-order valence-electron chi connectivity index (χ3n) is 9.23. The highest BCUT2D eigenvalue weighted by Gasteiger charge is 2.44. The summed E-state index contributed by atoms with van der Waals surface area (Å²) in [5.74, 6) is -0.203. The second-order valence-corrected chi connectivity index (χ2v) is 14.0. The smallest absolute Gasteiger partial charge is 0.220 e. The fourth-order valence-corrected chi connectivity index (χ4v) is 5.86. The number of ether oxygens (including phenoxy) is 2. The van der Waals surface area contributed by atoms with E-state index < -0.39 is 49.5 Å². The van der Waals surface area contributed by atoms with Crippen LogP contribution in [-0.2, 0) is 14.3 Å². The number of aliphatic hydroxyl groups excluding tert-OH is 5. The molecule has 0 bridgehead atoms. The maximum Gasteiger partial charge on any atom is 0.220 e. The minimum absolute atomic E-state index is 0.202. The zero-order valence-electron chi connectivity index (χ0n) is 33.4. The molecule has 7 unspecified atom stereocenters. The standard InChI is InChI=1S/C45H75NO8/c1-3-5-7-9-11-12-13-14-15-16-17-18-19-20-21-22-23-24-25-26-27-28-29-31-33-35-41(49)46-38(39(48)34-32-30-10-8-6-4-2)37-53-45-44(52)43(51)42(50)40(36-47)54-45/h5,7,11-12,14-15,17-18,20-21,23-24,32,34,38-40,42-45,47-48,50-52H,3-4,6,8-10,13,16,19,22,25-31,33,35-37H2,1-2H3,(H,46,49)/b7-5-,12-11-,15-14-,18-17-,21-20-,24-23-,34-32+. The number of rotatable bonds is 32. The molecular weight excluding hydrogens is 682 g/mol. The highest BCUT2D eigenvalue weighted by atomic mass is 16.7. The molecule has 1 rings (SSSR count). The highest BCUT2D eigenvalue weighted by Crippen LogP contribution is 2.22. The predicted molar refractivity (Wildman–Crippen MR) is 221 cm³/mol. The molecular formula is C45H75NO8. The van der Waals surface area contributed by atoms with Crippen molar-refractivity contribution in [2.75, 3.05) is 13.2 Å². The van der Waals surface area contributed by atoms with E-state index in [1.54, 1.807) is 6.08 Å². The number of hydrogen-bond acceptors (Lipinski definition) is 8. The third-order valence-corrected chi connectivity index (χ3v) is 9.23. The van der Waals surface area contributed by atoms with Crippen LogP contribution in [0.2, 0.25) is 0 Å². The van der Waals surface area contributed by atoms with Gasteiger partial charge in [-0.3, -0.25) is 4.79 Å². The molecule has 1 aliphatic rings. The molecule has 0 saturated carbocycles. The van der Waals surface area contributed by atoms with Crippen LogP contribution in [0.3, 0.4) is 0 Å². The molecule has 0 spiro atoms. The lowest BCUT2D eigenvalue weighted by molar-refractivity contribution is -0.302. The fraction of sp³-hybridized carbons (Fsp3) is 0.667. The summed E-state index contributed by atoms with van der Waals surface area (Å²) < 4.78 is 11.1. The second kappa shape index (κ2) is 34.8. The Morgan fingerprint density at radius 2 is 1.15 bits per heavy atom. The number of unbranched alkanes of at least 4 members (excludes halogenated alkanes) is 10. The van der Waals surface area contributed by atoms with Crippen molar-refractivity contribution in [3.05, 3.63) is 85.1 Å². The maximum absolute atomic E-state index is 12.8. The lowest BCUT2D eigenvalue weighted by Gasteiger charge is -2.40. The summed E-state index contributed by atoms with van der Waals surface area (Å²) in [6.07, 6.45) is 40.9. The first-order chi connectivity index (χ1) is 26.3. The van der Waals surface area contributed by atoms with Crippen LogP contribution in [0.1, 0.15) is 136 Å². The van der Waals surface area contributed by atoms with Crippen molar-refractivity contribution < 1.29 is 39.8 Å². The van der Waals surface area contributed by atoms with Crippen LogP contribution in [0.25, 0.3) is 0 Å². The van der Waals surface area contributed by atoms with E-state index in [9.17, 15) is 30.3 Å². The molecule has 0 aromatic carbocycles. The Kier molecular flexibility index (Phi) is 31.9. The van der Waals surface area contributed by atoms with Crippen LogP contribution in [-0.4, -0.2) is 87.5 Å². The van der Waals surface area contributed by atoms with E-state index in [4.69, 9.17) is 9.47 Å². The minimum Gasteiger partial charge on any atom is -0.394 e. The summed E-state index contributed by atoms with van der Waals surface area (Å²) in [7, 11) is 0. The van der Waals surface area contributed by atoms with Crippen molar-refractivity contribution in [2.45, 2.75) is 179 Å². The summed E-state index contributed by atoms with van der Waals surface area (Å²) in [5, 5.41) is 53.7. The summed E-state index contributed by atoms with van der Waals surface area (Å²) in [5.41, 5.74) is 0. The van der Waals surface area contributed by atoms with Crippen LogP contribution >= 0.6 is 0 Å². The number of nitrogens with one attached hydrogen (secondary N) is 1. The van der Waals surface area contributed by atoms with E-state index in [1.807, 2.05) is 6.08 Å².